The maximum atomic E-state index is 13.2. The number of fused-ring (bicyclic) bond motifs is 1. The van der Waals surface area contributed by atoms with E-state index in [1.54, 1.807) is 6.20 Å². The number of hydrogen-bond donors (Lipinski definition) is 1. The first-order chi connectivity index (χ1) is 9.24. The molecule has 1 aromatic carbocycles. The van der Waals surface area contributed by atoms with Crippen molar-refractivity contribution in [2.75, 3.05) is 17.2 Å². The normalized spacial score (nSPS) is 13.6. The number of pyridine rings is 1. The van der Waals surface area contributed by atoms with Crippen LogP contribution in [0.4, 0.5) is 15.8 Å². The van der Waals surface area contributed by atoms with Gasteiger partial charge in [-0.05, 0) is 42.2 Å². The molecule has 1 aromatic heterocycles. The fourth-order valence-corrected chi connectivity index (χ4v) is 2.65. The summed E-state index contributed by atoms with van der Waals surface area (Å²) >= 11 is 0. The summed E-state index contributed by atoms with van der Waals surface area (Å²) < 4.78 is 13.2. The summed E-state index contributed by atoms with van der Waals surface area (Å²) in [6, 6.07) is 7.52. The molecule has 2 N–H and O–H groups in total. The molecule has 0 atom stereocenters. The van der Waals surface area contributed by atoms with Crippen LogP contribution in [0.5, 0.6) is 0 Å². The number of halogens is 2. The second kappa shape index (κ2) is 6.09. The first kappa shape index (κ1) is 14.6. The summed E-state index contributed by atoms with van der Waals surface area (Å²) in [5.74, 6) is -0.290. The lowest BCUT2D eigenvalue weighted by molar-refractivity contribution is 0.615. The van der Waals surface area contributed by atoms with Crippen LogP contribution in [0.2, 0.25) is 0 Å². The molecule has 2 aromatic rings. The van der Waals surface area contributed by atoms with Crippen LogP contribution < -0.4 is 10.6 Å². The third-order valence-corrected chi connectivity index (χ3v) is 3.52. The Hall–Kier alpha value is -1.81. The Morgan fingerprint density at radius 1 is 1.30 bits per heavy atom. The van der Waals surface area contributed by atoms with Crippen LogP contribution in [0.25, 0.3) is 0 Å². The molecule has 0 saturated heterocycles. The van der Waals surface area contributed by atoms with Crippen molar-refractivity contribution in [3.63, 3.8) is 0 Å². The molecule has 0 amide bonds. The molecule has 3 rings (SSSR count). The molecular weight excluding hydrogens is 277 g/mol. The molecule has 0 radical (unpaired) electrons. The Morgan fingerprint density at radius 2 is 2.15 bits per heavy atom. The summed E-state index contributed by atoms with van der Waals surface area (Å²) in [5, 5.41) is 0. The summed E-state index contributed by atoms with van der Waals surface area (Å²) in [5.41, 5.74) is 10.1. The first-order valence-electron chi connectivity index (χ1n) is 6.46. The van der Waals surface area contributed by atoms with Gasteiger partial charge in [-0.2, -0.15) is 0 Å². The van der Waals surface area contributed by atoms with Crippen molar-refractivity contribution in [2.24, 2.45) is 0 Å². The summed E-state index contributed by atoms with van der Waals surface area (Å²) in [7, 11) is 0. The van der Waals surface area contributed by atoms with Gasteiger partial charge >= 0.3 is 0 Å². The van der Waals surface area contributed by atoms with Gasteiger partial charge in [0, 0.05) is 30.7 Å². The van der Waals surface area contributed by atoms with Gasteiger partial charge in [-0.15, -0.1) is 12.4 Å². The molecule has 106 valence electrons. The van der Waals surface area contributed by atoms with E-state index in [0.29, 0.717) is 6.54 Å². The van der Waals surface area contributed by atoms with Crippen LogP contribution in [0.1, 0.15) is 17.5 Å². The van der Waals surface area contributed by atoms with Gasteiger partial charge in [-0.25, -0.2) is 4.39 Å². The van der Waals surface area contributed by atoms with Crippen molar-refractivity contribution in [1.82, 2.24) is 4.98 Å². The van der Waals surface area contributed by atoms with Gasteiger partial charge < -0.3 is 10.6 Å². The lowest BCUT2D eigenvalue weighted by atomic mass is 9.99. The molecule has 20 heavy (non-hydrogen) atoms. The number of aromatic nitrogens is 1. The maximum Gasteiger partial charge on any atom is 0.141 e. The topological polar surface area (TPSA) is 42.1 Å². The zero-order chi connectivity index (χ0) is 13.2. The highest BCUT2D eigenvalue weighted by Crippen LogP contribution is 2.32. The van der Waals surface area contributed by atoms with Crippen LogP contribution in [-0.4, -0.2) is 11.5 Å². The zero-order valence-corrected chi connectivity index (χ0v) is 11.9. The molecule has 0 aliphatic carbocycles. The highest BCUT2D eigenvalue weighted by molar-refractivity contribution is 5.85. The van der Waals surface area contributed by atoms with E-state index in [-0.39, 0.29) is 18.2 Å². The van der Waals surface area contributed by atoms with E-state index < -0.39 is 0 Å². The summed E-state index contributed by atoms with van der Waals surface area (Å²) in [6.07, 6.45) is 5.03. The standard InChI is InChI=1S/C15H16FN3.ClH/c16-12-7-11(8-18-9-12)10-19-6-2-3-13-14(17)4-1-5-15(13)19;/h1,4-5,7-9H,2-3,6,10,17H2;1H. The smallest absolute Gasteiger partial charge is 0.141 e. The number of nitrogens with zero attached hydrogens (tertiary/aromatic N) is 2. The Kier molecular flexibility index (Phi) is 4.45. The van der Waals surface area contributed by atoms with Crippen molar-refractivity contribution in [1.29, 1.82) is 0 Å². The van der Waals surface area contributed by atoms with Gasteiger partial charge in [0.25, 0.3) is 0 Å². The highest BCUT2D eigenvalue weighted by atomic mass is 35.5. The second-order valence-corrected chi connectivity index (χ2v) is 4.88. The van der Waals surface area contributed by atoms with Crippen molar-refractivity contribution in [3.8, 4) is 0 Å². The lowest BCUT2D eigenvalue weighted by Crippen LogP contribution is -2.29. The monoisotopic (exact) mass is 293 g/mol. The number of hydrogen-bond acceptors (Lipinski definition) is 3. The number of rotatable bonds is 2. The molecule has 0 spiro atoms. The Labute approximate surface area is 124 Å². The third kappa shape index (κ3) is 2.85. The molecule has 0 fully saturated rings. The van der Waals surface area contributed by atoms with Gasteiger partial charge in [0.1, 0.15) is 5.82 Å². The largest absolute Gasteiger partial charge is 0.398 e. The zero-order valence-electron chi connectivity index (χ0n) is 11.1. The highest BCUT2D eigenvalue weighted by Gasteiger charge is 2.18. The van der Waals surface area contributed by atoms with Gasteiger partial charge in [0.05, 0.1) is 6.20 Å². The van der Waals surface area contributed by atoms with Crippen LogP contribution in [0, 0.1) is 5.82 Å². The van der Waals surface area contributed by atoms with E-state index in [4.69, 9.17) is 5.73 Å². The number of anilines is 2. The van der Waals surface area contributed by atoms with Gasteiger partial charge in [-0.1, -0.05) is 6.07 Å². The molecule has 5 heteroatoms. The van der Waals surface area contributed by atoms with Crippen molar-refractivity contribution >= 4 is 23.8 Å². The molecule has 3 nitrogen and oxygen atoms in total. The van der Waals surface area contributed by atoms with Crippen LogP contribution in [0.15, 0.2) is 36.7 Å². The van der Waals surface area contributed by atoms with E-state index in [1.807, 2.05) is 12.1 Å². The Bertz CT molecular complexity index is 603. The predicted molar refractivity (Wildman–Crippen MR) is 81.7 cm³/mol. The number of nitrogen functional groups attached to an aromatic ring is 1. The minimum absolute atomic E-state index is 0. The molecule has 0 unspecified atom stereocenters. The second-order valence-electron chi connectivity index (χ2n) is 4.88. The average Bonchev–Trinajstić information content (AvgIpc) is 2.40. The minimum atomic E-state index is -0.290. The van der Waals surface area contributed by atoms with E-state index >= 15 is 0 Å². The average molecular weight is 294 g/mol. The van der Waals surface area contributed by atoms with Gasteiger partial charge in [0.15, 0.2) is 0 Å². The quantitative estimate of drug-likeness (QED) is 0.865. The van der Waals surface area contributed by atoms with Crippen molar-refractivity contribution in [3.05, 3.63) is 53.6 Å². The Balaban J connectivity index is 0.00000147. The molecule has 1 aliphatic heterocycles. The van der Waals surface area contributed by atoms with Crippen LogP contribution in [0.3, 0.4) is 0 Å². The van der Waals surface area contributed by atoms with Gasteiger partial charge in [-0.3, -0.25) is 4.98 Å². The first-order valence-corrected chi connectivity index (χ1v) is 6.46. The number of benzene rings is 1. The fourth-order valence-electron chi connectivity index (χ4n) is 2.65. The Morgan fingerprint density at radius 3 is 2.95 bits per heavy atom. The maximum absolute atomic E-state index is 13.2. The van der Waals surface area contributed by atoms with E-state index in [9.17, 15) is 4.39 Å². The van der Waals surface area contributed by atoms with Crippen molar-refractivity contribution in [2.45, 2.75) is 19.4 Å². The van der Waals surface area contributed by atoms with Crippen LogP contribution in [-0.2, 0) is 13.0 Å². The fraction of sp³-hybridized carbons (Fsp3) is 0.267. The van der Waals surface area contributed by atoms with Gasteiger partial charge in [0.2, 0.25) is 0 Å². The van der Waals surface area contributed by atoms with E-state index in [0.717, 1.165) is 36.3 Å². The molecule has 2 heterocycles. The molecular formula is C15H17ClFN3. The summed E-state index contributed by atoms with van der Waals surface area (Å²) in [6.45, 7) is 1.63. The van der Waals surface area contributed by atoms with Crippen LogP contribution >= 0.6 is 12.4 Å². The summed E-state index contributed by atoms with van der Waals surface area (Å²) in [4.78, 5) is 6.14. The molecule has 0 saturated carbocycles. The van der Waals surface area contributed by atoms with E-state index in [1.165, 1.54) is 17.8 Å². The van der Waals surface area contributed by atoms with E-state index in [2.05, 4.69) is 16.0 Å². The number of nitrogens with two attached hydrogens (primary N) is 1. The third-order valence-electron chi connectivity index (χ3n) is 3.52. The van der Waals surface area contributed by atoms with Crippen molar-refractivity contribution < 1.29 is 4.39 Å². The molecule has 1 aliphatic rings. The minimum Gasteiger partial charge on any atom is -0.398 e. The lowest BCUT2D eigenvalue weighted by Gasteiger charge is -2.32. The molecule has 0 bridgehead atoms. The predicted octanol–water partition coefficient (Wildman–Crippen LogP) is 3.18. The SMILES string of the molecule is Cl.Nc1cccc2c1CCCN2Cc1cncc(F)c1.